The van der Waals surface area contributed by atoms with Gasteiger partial charge in [-0.15, -0.1) is 11.3 Å². The molecule has 0 fully saturated rings. The molecule has 126 valence electrons. The van der Waals surface area contributed by atoms with Crippen molar-refractivity contribution in [1.82, 2.24) is 19.5 Å². The Bertz CT molecular complexity index is 1190. The van der Waals surface area contributed by atoms with Crippen molar-refractivity contribution in [3.8, 4) is 5.69 Å². The molecule has 0 unspecified atom stereocenters. The maximum Gasteiger partial charge on any atom is 0.276 e. The average molecular weight is 420 g/mol. The third-order valence-corrected chi connectivity index (χ3v) is 5.32. The minimum atomic E-state index is -0.507. The van der Waals surface area contributed by atoms with Gasteiger partial charge in [-0.05, 0) is 18.2 Å². The van der Waals surface area contributed by atoms with Crippen LogP contribution in [0.3, 0.4) is 0 Å². The van der Waals surface area contributed by atoms with Gasteiger partial charge in [-0.1, -0.05) is 15.9 Å². The second kappa shape index (κ2) is 5.85. The second-order valence-electron chi connectivity index (χ2n) is 5.57. The van der Waals surface area contributed by atoms with Crippen molar-refractivity contribution in [2.75, 3.05) is 19.0 Å². The van der Waals surface area contributed by atoms with Crippen LogP contribution < -0.4 is 10.5 Å². The zero-order chi connectivity index (χ0) is 17.7. The molecule has 4 aromatic rings. The Morgan fingerprint density at radius 2 is 2.04 bits per heavy atom. The van der Waals surface area contributed by atoms with E-state index in [4.69, 9.17) is 0 Å². The van der Waals surface area contributed by atoms with Gasteiger partial charge in [0.1, 0.15) is 39.3 Å². The standard InChI is InChI=1S/C16H11BrFN5OS/c1-22(2)14-11-12-13(25-15(11)20-6-19-14)16(24)23(7-21-12)10-4-3-8(17)5-9(10)18/h3-7H,1-2H3. The zero-order valence-electron chi connectivity index (χ0n) is 13.2. The largest absolute Gasteiger partial charge is 0.362 e. The molecule has 0 atom stereocenters. The third kappa shape index (κ3) is 2.50. The van der Waals surface area contributed by atoms with Gasteiger partial charge in [-0.2, -0.15) is 0 Å². The summed E-state index contributed by atoms with van der Waals surface area (Å²) in [5.41, 5.74) is 0.348. The highest BCUT2D eigenvalue weighted by Crippen LogP contribution is 2.34. The molecule has 4 rings (SSSR count). The van der Waals surface area contributed by atoms with E-state index in [-0.39, 0.29) is 11.2 Å². The van der Waals surface area contributed by atoms with E-state index in [1.165, 1.54) is 40.7 Å². The van der Waals surface area contributed by atoms with Crippen LogP contribution in [0, 0.1) is 5.82 Å². The molecule has 1 aromatic carbocycles. The van der Waals surface area contributed by atoms with Crippen LogP contribution in [0.25, 0.3) is 26.1 Å². The van der Waals surface area contributed by atoms with Crippen LogP contribution in [-0.2, 0) is 0 Å². The number of nitrogens with zero attached hydrogens (tertiary/aromatic N) is 5. The molecule has 0 bridgehead atoms. The Labute approximate surface area is 153 Å². The van der Waals surface area contributed by atoms with E-state index in [0.29, 0.717) is 25.3 Å². The lowest BCUT2D eigenvalue weighted by atomic mass is 10.3. The van der Waals surface area contributed by atoms with Gasteiger partial charge in [0.25, 0.3) is 5.56 Å². The molecule has 3 heterocycles. The first kappa shape index (κ1) is 16.1. The van der Waals surface area contributed by atoms with Crippen LogP contribution in [0.1, 0.15) is 0 Å². The van der Waals surface area contributed by atoms with E-state index in [2.05, 4.69) is 30.9 Å². The lowest BCUT2D eigenvalue weighted by Crippen LogP contribution is -2.19. The van der Waals surface area contributed by atoms with Crippen molar-refractivity contribution >= 4 is 53.5 Å². The smallest absolute Gasteiger partial charge is 0.276 e. The van der Waals surface area contributed by atoms with Crippen molar-refractivity contribution < 1.29 is 4.39 Å². The number of thiophene rings is 1. The summed E-state index contributed by atoms with van der Waals surface area (Å²) in [6.07, 6.45) is 2.80. The Morgan fingerprint density at radius 3 is 2.76 bits per heavy atom. The van der Waals surface area contributed by atoms with Gasteiger partial charge < -0.3 is 4.90 Å². The minimum Gasteiger partial charge on any atom is -0.362 e. The normalized spacial score (nSPS) is 11.4. The summed E-state index contributed by atoms with van der Waals surface area (Å²) in [7, 11) is 3.73. The first-order valence-electron chi connectivity index (χ1n) is 7.25. The van der Waals surface area contributed by atoms with Gasteiger partial charge in [-0.25, -0.2) is 19.3 Å². The van der Waals surface area contributed by atoms with E-state index in [1.807, 2.05) is 19.0 Å². The number of benzene rings is 1. The molecule has 0 aliphatic rings. The molecule has 0 N–H and O–H groups in total. The SMILES string of the molecule is CN(C)c1ncnc2sc3c(=O)n(-c4ccc(Br)cc4F)cnc3c12. The number of fused-ring (bicyclic) bond motifs is 3. The lowest BCUT2D eigenvalue weighted by Gasteiger charge is -2.11. The molecule has 0 spiro atoms. The monoisotopic (exact) mass is 419 g/mol. The molecule has 6 nitrogen and oxygen atoms in total. The topological polar surface area (TPSA) is 63.9 Å². The summed E-state index contributed by atoms with van der Waals surface area (Å²) in [4.78, 5) is 28.3. The van der Waals surface area contributed by atoms with Gasteiger partial charge in [0.05, 0.1) is 11.1 Å². The van der Waals surface area contributed by atoms with Gasteiger partial charge in [0, 0.05) is 18.6 Å². The van der Waals surface area contributed by atoms with Gasteiger partial charge in [0.15, 0.2) is 0 Å². The molecule has 0 aliphatic heterocycles. The predicted octanol–water partition coefficient (Wildman–Crippen LogP) is 3.36. The summed E-state index contributed by atoms with van der Waals surface area (Å²) in [5, 5.41) is 0.730. The van der Waals surface area contributed by atoms with Gasteiger partial charge in [-0.3, -0.25) is 9.36 Å². The van der Waals surface area contributed by atoms with E-state index < -0.39 is 5.82 Å². The minimum absolute atomic E-state index is 0.152. The Hall–Kier alpha value is -2.39. The Kier molecular flexibility index (Phi) is 3.77. The van der Waals surface area contributed by atoms with Crippen LogP contribution in [0.15, 0.2) is 40.1 Å². The highest BCUT2D eigenvalue weighted by atomic mass is 79.9. The fourth-order valence-electron chi connectivity index (χ4n) is 2.64. The van der Waals surface area contributed by atoms with Crippen LogP contribution in [0.4, 0.5) is 10.2 Å². The van der Waals surface area contributed by atoms with Crippen molar-refractivity contribution in [2.45, 2.75) is 0 Å². The summed E-state index contributed by atoms with van der Waals surface area (Å²) < 4.78 is 16.5. The van der Waals surface area contributed by atoms with E-state index in [9.17, 15) is 9.18 Å². The number of anilines is 1. The average Bonchev–Trinajstić information content (AvgIpc) is 2.95. The fourth-order valence-corrected chi connectivity index (χ4v) is 3.99. The highest BCUT2D eigenvalue weighted by Gasteiger charge is 2.18. The van der Waals surface area contributed by atoms with Gasteiger partial charge >= 0.3 is 0 Å². The predicted molar refractivity (Wildman–Crippen MR) is 100 cm³/mol. The number of aromatic nitrogens is 4. The van der Waals surface area contributed by atoms with Crippen molar-refractivity contribution in [2.24, 2.45) is 0 Å². The van der Waals surface area contributed by atoms with E-state index >= 15 is 0 Å². The molecule has 0 saturated heterocycles. The van der Waals surface area contributed by atoms with Crippen molar-refractivity contribution in [3.05, 3.63) is 51.5 Å². The van der Waals surface area contributed by atoms with Crippen molar-refractivity contribution in [3.63, 3.8) is 0 Å². The van der Waals surface area contributed by atoms with Crippen LogP contribution >= 0.6 is 27.3 Å². The highest BCUT2D eigenvalue weighted by molar-refractivity contribution is 9.10. The van der Waals surface area contributed by atoms with Crippen molar-refractivity contribution in [1.29, 1.82) is 0 Å². The second-order valence-corrected chi connectivity index (χ2v) is 7.48. The fraction of sp³-hybridized carbons (Fsp3) is 0.125. The quantitative estimate of drug-likeness (QED) is 0.498. The first-order valence-corrected chi connectivity index (χ1v) is 8.86. The number of halogens is 2. The summed E-state index contributed by atoms with van der Waals surface area (Å²) >= 11 is 4.44. The van der Waals surface area contributed by atoms with E-state index in [1.54, 1.807) is 6.07 Å². The van der Waals surface area contributed by atoms with Crippen LogP contribution in [0.2, 0.25) is 0 Å². The third-order valence-electron chi connectivity index (χ3n) is 3.75. The molecule has 0 saturated carbocycles. The lowest BCUT2D eigenvalue weighted by molar-refractivity contribution is 0.615. The Morgan fingerprint density at radius 1 is 1.24 bits per heavy atom. The molecular formula is C16H11BrFN5OS. The number of hydrogen-bond donors (Lipinski definition) is 0. The molecule has 25 heavy (non-hydrogen) atoms. The molecule has 0 aliphatic carbocycles. The summed E-state index contributed by atoms with van der Waals surface area (Å²) in [5.74, 6) is 0.184. The Balaban J connectivity index is 2.06. The number of rotatable bonds is 2. The van der Waals surface area contributed by atoms with Gasteiger partial charge in [0.2, 0.25) is 0 Å². The molecular weight excluding hydrogens is 409 g/mol. The van der Waals surface area contributed by atoms with Crippen LogP contribution in [-0.4, -0.2) is 33.6 Å². The molecule has 9 heteroatoms. The molecule has 3 aromatic heterocycles. The maximum atomic E-state index is 14.2. The van der Waals surface area contributed by atoms with Crippen LogP contribution in [0.5, 0.6) is 0 Å². The molecule has 0 radical (unpaired) electrons. The first-order chi connectivity index (χ1) is 12.0. The maximum absolute atomic E-state index is 14.2. The summed E-state index contributed by atoms with van der Waals surface area (Å²) in [6, 6.07) is 4.52. The van der Waals surface area contributed by atoms with E-state index in [0.717, 1.165) is 5.39 Å². The summed E-state index contributed by atoms with van der Waals surface area (Å²) in [6.45, 7) is 0. The molecule has 0 amide bonds. The number of hydrogen-bond acceptors (Lipinski definition) is 6. The zero-order valence-corrected chi connectivity index (χ0v) is 15.6.